The van der Waals surface area contributed by atoms with Crippen LogP contribution >= 0.6 is 0 Å². The Morgan fingerprint density at radius 3 is 2.39 bits per heavy atom. The van der Waals surface area contributed by atoms with Gasteiger partial charge in [-0.05, 0) is 39.0 Å². The Morgan fingerprint density at radius 2 is 1.83 bits per heavy atom. The number of nitrogens with one attached hydrogen (secondary N) is 2. The summed E-state index contributed by atoms with van der Waals surface area (Å²) in [7, 11) is 0. The number of imide groups is 1. The molecule has 1 aliphatic rings. The van der Waals surface area contributed by atoms with Crippen molar-refractivity contribution >= 4 is 17.8 Å². The monoisotopic (exact) mass is 324 g/mol. The molecule has 0 aromatic carbocycles. The summed E-state index contributed by atoms with van der Waals surface area (Å²) in [6.45, 7) is 10.2. The summed E-state index contributed by atoms with van der Waals surface area (Å²) in [4.78, 5) is 29.4. The van der Waals surface area contributed by atoms with Crippen LogP contribution in [-0.4, -0.2) is 48.3 Å². The molecule has 1 aliphatic heterocycles. The van der Waals surface area contributed by atoms with Crippen LogP contribution in [0.3, 0.4) is 0 Å². The second-order valence-electron chi connectivity index (χ2n) is 6.57. The number of aliphatic imine (C=N–C) groups is 1. The zero-order chi connectivity index (χ0) is 17.2. The Morgan fingerprint density at radius 1 is 1.17 bits per heavy atom. The number of rotatable bonds is 8. The van der Waals surface area contributed by atoms with Gasteiger partial charge in [-0.15, -0.1) is 0 Å². The number of carbonyl (C=O) groups is 2. The molecule has 1 atom stereocenters. The van der Waals surface area contributed by atoms with E-state index in [-0.39, 0.29) is 11.8 Å². The lowest BCUT2D eigenvalue weighted by atomic mass is 10.0. The van der Waals surface area contributed by atoms with E-state index in [9.17, 15) is 9.59 Å². The lowest BCUT2D eigenvalue weighted by molar-refractivity contribution is -0.147. The van der Waals surface area contributed by atoms with Crippen molar-refractivity contribution in [3.05, 3.63) is 0 Å². The van der Waals surface area contributed by atoms with Gasteiger partial charge in [-0.2, -0.15) is 0 Å². The molecule has 1 unspecified atom stereocenters. The van der Waals surface area contributed by atoms with Gasteiger partial charge in [0.15, 0.2) is 5.96 Å². The molecule has 6 nitrogen and oxygen atoms in total. The predicted octanol–water partition coefficient (Wildman–Crippen LogP) is 1.91. The van der Waals surface area contributed by atoms with E-state index >= 15 is 0 Å². The van der Waals surface area contributed by atoms with Gasteiger partial charge in [-0.1, -0.05) is 13.8 Å². The first kappa shape index (κ1) is 19.5. The number of hydrogen-bond donors (Lipinski definition) is 2. The number of nitrogens with zero attached hydrogens (tertiary/aromatic N) is 2. The average molecular weight is 324 g/mol. The zero-order valence-corrected chi connectivity index (χ0v) is 15.0. The highest BCUT2D eigenvalue weighted by Gasteiger charge is 2.25. The highest BCUT2D eigenvalue weighted by atomic mass is 16.2. The SMILES string of the molecule is CCNC(=NCCN1C(=O)CCCC1=O)NC(C)CCC(C)C. The smallest absolute Gasteiger partial charge is 0.229 e. The standard InChI is InChI=1S/C17H32N4O2/c1-5-18-17(20-14(4)10-9-13(2)3)19-11-12-21-15(22)7-6-8-16(21)23/h13-14H,5-12H2,1-4H3,(H2,18,19,20). The first-order valence-electron chi connectivity index (χ1n) is 8.82. The summed E-state index contributed by atoms with van der Waals surface area (Å²) < 4.78 is 0. The van der Waals surface area contributed by atoms with Gasteiger partial charge in [-0.25, -0.2) is 0 Å². The minimum atomic E-state index is -0.0697. The average Bonchev–Trinajstić information content (AvgIpc) is 2.48. The van der Waals surface area contributed by atoms with Crippen molar-refractivity contribution in [1.29, 1.82) is 0 Å². The molecule has 1 heterocycles. The summed E-state index contributed by atoms with van der Waals surface area (Å²) in [5.41, 5.74) is 0. The molecule has 0 bridgehead atoms. The minimum absolute atomic E-state index is 0.0697. The summed E-state index contributed by atoms with van der Waals surface area (Å²) in [6, 6.07) is 0.341. The number of amides is 2. The summed E-state index contributed by atoms with van der Waals surface area (Å²) in [6.07, 6.45) is 3.88. The molecule has 2 amide bonds. The van der Waals surface area contributed by atoms with Crippen LogP contribution in [0.1, 0.15) is 59.8 Å². The molecule has 1 rings (SSSR count). The topological polar surface area (TPSA) is 73.8 Å². The van der Waals surface area contributed by atoms with Crippen LogP contribution in [0.5, 0.6) is 0 Å². The molecule has 1 saturated heterocycles. The van der Waals surface area contributed by atoms with Crippen LogP contribution in [0, 0.1) is 5.92 Å². The summed E-state index contributed by atoms with van der Waals surface area (Å²) in [5.74, 6) is 1.30. The van der Waals surface area contributed by atoms with E-state index in [1.54, 1.807) is 0 Å². The van der Waals surface area contributed by atoms with E-state index in [1.165, 1.54) is 11.3 Å². The van der Waals surface area contributed by atoms with E-state index < -0.39 is 0 Å². The molecule has 0 aromatic rings. The van der Waals surface area contributed by atoms with Crippen LogP contribution in [0.15, 0.2) is 4.99 Å². The van der Waals surface area contributed by atoms with Crippen LogP contribution in [0.25, 0.3) is 0 Å². The van der Waals surface area contributed by atoms with Crippen LogP contribution in [-0.2, 0) is 9.59 Å². The van der Waals surface area contributed by atoms with Gasteiger partial charge in [0.05, 0.1) is 6.54 Å². The maximum atomic E-state index is 11.8. The maximum absolute atomic E-state index is 11.8. The molecule has 0 spiro atoms. The molecule has 0 radical (unpaired) electrons. The molecule has 2 N–H and O–H groups in total. The normalized spacial score (nSPS) is 17.6. The van der Waals surface area contributed by atoms with Crippen LogP contribution in [0.4, 0.5) is 0 Å². The predicted molar refractivity (Wildman–Crippen MR) is 93.2 cm³/mol. The van der Waals surface area contributed by atoms with E-state index in [2.05, 4.69) is 36.4 Å². The Balaban J connectivity index is 2.47. The molecule has 0 aliphatic carbocycles. The van der Waals surface area contributed by atoms with E-state index in [0.29, 0.717) is 44.3 Å². The fraction of sp³-hybridized carbons (Fsp3) is 0.824. The van der Waals surface area contributed by atoms with Crippen LogP contribution < -0.4 is 10.6 Å². The molecule has 1 fully saturated rings. The lowest BCUT2D eigenvalue weighted by Crippen LogP contribution is -2.44. The van der Waals surface area contributed by atoms with Crippen LogP contribution in [0.2, 0.25) is 0 Å². The third kappa shape index (κ3) is 7.48. The largest absolute Gasteiger partial charge is 0.357 e. The Hall–Kier alpha value is -1.59. The summed E-state index contributed by atoms with van der Waals surface area (Å²) in [5, 5.41) is 6.60. The molecule has 23 heavy (non-hydrogen) atoms. The molecule has 132 valence electrons. The molecule has 0 saturated carbocycles. The van der Waals surface area contributed by atoms with E-state index in [1.807, 2.05) is 6.92 Å². The lowest BCUT2D eigenvalue weighted by Gasteiger charge is -2.24. The zero-order valence-electron chi connectivity index (χ0n) is 15.0. The molecule has 0 aromatic heterocycles. The fourth-order valence-corrected chi connectivity index (χ4v) is 2.52. The van der Waals surface area contributed by atoms with E-state index in [0.717, 1.165) is 18.9 Å². The van der Waals surface area contributed by atoms with Crippen molar-refractivity contribution in [2.75, 3.05) is 19.6 Å². The second-order valence-corrected chi connectivity index (χ2v) is 6.57. The molecule has 6 heteroatoms. The number of likely N-dealkylation sites (tertiary alicyclic amines) is 1. The van der Waals surface area contributed by atoms with Gasteiger partial charge in [0.2, 0.25) is 11.8 Å². The highest BCUT2D eigenvalue weighted by Crippen LogP contribution is 2.11. The van der Waals surface area contributed by atoms with Gasteiger partial charge < -0.3 is 10.6 Å². The van der Waals surface area contributed by atoms with E-state index in [4.69, 9.17) is 0 Å². The molecular formula is C17H32N4O2. The van der Waals surface area contributed by atoms with Crippen molar-refractivity contribution in [2.45, 2.75) is 65.8 Å². The third-order valence-electron chi connectivity index (χ3n) is 3.88. The number of piperidine rings is 1. The Bertz CT molecular complexity index is 405. The highest BCUT2D eigenvalue weighted by molar-refractivity contribution is 5.97. The first-order valence-corrected chi connectivity index (χ1v) is 8.82. The fourth-order valence-electron chi connectivity index (χ4n) is 2.52. The Kier molecular flexibility index (Phi) is 8.66. The number of carbonyl (C=O) groups excluding carboxylic acids is 2. The van der Waals surface area contributed by atoms with Gasteiger partial charge in [0.25, 0.3) is 0 Å². The minimum Gasteiger partial charge on any atom is -0.357 e. The maximum Gasteiger partial charge on any atom is 0.229 e. The van der Waals surface area contributed by atoms with Gasteiger partial charge >= 0.3 is 0 Å². The number of guanidine groups is 1. The van der Waals surface area contributed by atoms with Crippen molar-refractivity contribution in [3.8, 4) is 0 Å². The Labute approximate surface area is 140 Å². The van der Waals surface area contributed by atoms with Gasteiger partial charge in [0, 0.05) is 32.0 Å². The number of hydrogen-bond acceptors (Lipinski definition) is 3. The molecular weight excluding hydrogens is 292 g/mol. The second kappa shape index (κ2) is 10.2. The first-order chi connectivity index (χ1) is 10.9. The van der Waals surface area contributed by atoms with Crippen molar-refractivity contribution in [1.82, 2.24) is 15.5 Å². The van der Waals surface area contributed by atoms with Crippen molar-refractivity contribution in [2.24, 2.45) is 10.9 Å². The van der Waals surface area contributed by atoms with Crippen molar-refractivity contribution < 1.29 is 9.59 Å². The quantitative estimate of drug-likeness (QED) is 0.406. The van der Waals surface area contributed by atoms with Gasteiger partial charge in [-0.3, -0.25) is 19.5 Å². The van der Waals surface area contributed by atoms with Gasteiger partial charge in [0.1, 0.15) is 0 Å². The summed E-state index contributed by atoms with van der Waals surface area (Å²) >= 11 is 0. The van der Waals surface area contributed by atoms with Crippen molar-refractivity contribution in [3.63, 3.8) is 0 Å². The third-order valence-corrected chi connectivity index (χ3v) is 3.88.